The van der Waals surface area contributed by atoms with Crippen LogP contribution in [0, 0.1) is 0 Å². The average molecular weight is 350 g/mol. The first-order chi connectivity index (χ1) is 11.0. The molecule has 3 rings (SSSR count). The third kappa shape index (κ3) is 3.71. The van der Waals surface area contributed by atoms with Crippen LogP contribution in [0.3, 0.4) is 0 Å². The minimum atomic E-state index is -0.214. The Kier molecular flexibility index (Phi) is 4.63. The number of hydrogen-bond acceptors (Lipinski definition) is 4. The second kappa shape index (κ2) is 6.68. The van der Waals surface area contributed by atoms with Crippen LogP contribution >= 0.6 is 22.9 Å². The van der Waals surface area contributed by atoms with E-state index in [0.29, 0.717) is 35.2 Å². The highest BCUT2D eigenvalue weighted by molar-refractivity contribution is 7.13. The van der Waals surface area contributed by atoms with Crippen molar-refractivity contribution in [2.75, 3.05) is 18.4 Å². The van der Waals surface area contributed by atoms with Crippen LogP contribution in [0.5, 0.6) is 0 Å². The van der Waals surface area contributed by atoms with Gasteiger partial charge >= 0.3 is 0 Å². The van der Waals surface area contributed by atoms with Crippen LogP contribution in [0.1, 0.15) is 27.3 Å². The SMILES string of the molecule is CC(=O)N1CCc2nc(C(=O)Nc3ccc(Cl)cc3)sc2CC1. The van der Waals surface area contributed by atoms with E-state index in [1.807, 2.05) is 4.90 Å². The largest absolute Gasteiger partial charge is 0.342 e. The van der Waals surface area contributed by atoms with E-state index in [-0.39, 0.29) is 11.8 Å². The number of benzene rings is 1. The highest BCUT2D eigenvalue weighted by atomic mass is 35.5. The minimum Gasteiger partial charge on any atom is -0.342 e. The Bertz CT molecular complexity index is 717. The standard InChI is InChI=1S/C16H16ClN3O2S/c1-10(21)20-8-6-13-14(7-9-20)23-16(19-13)15(22)18-12-4-2-11(17)3-5-12/h2-5H,6-9H2,1H3,(H,18,22). The number of nitrogens with one attached hydrogen (secondary N) is 1. The zero-order valence-electron chi connectivity index (χ0n) is 12.6. The molecule has 0 atom stereocenters. The van der Waals surface area contributed by atoms with Crippen LogP contribution in [0.4, 0.5) is 5.69 Å². The maximum atomic E-state index is 12.3. The molecule has 0 spiro atoms. The Morgan fingerprint density at radius 3 is 2.61 bits per heavy atom. The lowest BCUT2D eigenvalue weighted by molar-refractivity contribution is -0.128. The lowest BCUT2D eigenvalue weighted by Gasteiger charge is -2.17. The Morgan fingerprint density at radius 1 is 1.22 bits per heavy atom. The molecule has 7 heteroatoms. The van der Waals surface area contributed by atoms with E-state index in [1.54, 1.807) is 31.2 Å². The van der Waals surface area contributed by atoms with E-state index in [1.165, 1.54) is 11.3 Å². The number of hydrogen-bond donors (Lipinski definition) is 1. The molecule has 2 heterocycles. The molecule has 2 amide bonds. The van der Waals surface area contributed by atoms with Crippen LogP contribution in [-0.2, 0) is 17.6 Å². The van der Waals surface area contributed by atoms with Gasteiger partial charge in [0.25, 0.3) is 5.91 Å². The van der Waals surface area contributed by atoms with Gasteiger partial charge in [0, 0.05) is 48.4 Å². The molecular formula is C16H16ClN3O2S. The van der Waals surface area contributed by atoms with Gasteiger partial charge in [-0.1, -0.05) is 11.6 Å². The van der Waals surface area contributed by atoms with Crippen LogP contribution in [0.25, 0.3) is 0 Å². The average Bonchev–Trinajstić information content (AvgIpc) is 2.82. The van der Waals surface area contributed by atoms with Crippen molar-refractivity contribution in [3.63, 3.8) is 0 Å². The quantitative estimate of drug-likeness (QED) is 0.906. The van der Waals surface area contributed by atoms with Crippen molar-refractivity contribution < 1.29 is 9.59 Å². The van der Waals surface area contributed by atoms with E-state index in [9.17, 15) is 9.59 Å². The minimum absolute atomic E-state index is 0.0841. The van der Waals surface area contributed by atoms with Gasteiger partial charge in [-0.05, 0) is 24.3 Å². The Labute approximate surface area is 143 Å². The first-order valence-corrected chi connectivity index (χ1v) is 8.53. The van der Waals surface area contributed by atoms with Gasteiger partial charge in [-0.2, -0.15) is 0 Å². The second-order valence-corrected chi connectivity index (χ2v) is 6.88. The summed E-state index contributed by atoms with van der Waals surface area (Å²) >= 11 is 7.24. The van der Waals surface area contributed by atoms with Crippen molar-refractivity contribution >= 4 is 40.4 Å². The number of carbonyl (C=O) groups is 2. The highest BCUT2D eigenvalue weighted by Crippen LogP contribution is 2.24. The fourth-order valence-corrected chi connectivity index (χ4v) is 3.61. The fourth-order valence-electron chi connectivity index (χ4n) is 2.49. The van der Waals surface area contributed by atoms with E-state index < -0.39 is 0 Å². The summed E-state index contributed by atoms with van der Waals surface area (Å²) in [6, 6.07) is 6.96. The maximum Gasteiger partial charge on any atom is 0.284 e. The number of rotatable bonds is 2. The molecule has 1 aliphatic rings. The summed E-state index contributed by atoms with van der Waals surface area (Å²) < 4.78 is 0. The summed E-state index contributed by atoms with van der Waals surface area (Å²) in [5.74, 6) is -0.130. The second-order valence-electron chi connectivity index (χ2n) is 5.36. The Morgan fingerprint density at radius 2 is 1.91 bits per heavy atom. The summed E-state index contributed by atoms with van der Waals surface area (Å²) in [5, 5.41) is 3.91. The van der Waals surface area contributed by atoms with Gasteiger partial charge in [-0.15, -0.1) is 11.3 Å². The normalized spacial score (nSPS) is 14.1. The van der Waals surface area contributed by atoms with Gasteiger partial charge in [0.05, 0.1) is 5.69 Å². The zero-order valence-corrected chi connectivity index (χ0v) is 14.2. The van der Waals surface area contributed by atoms with Gasteiger partial charge in [0.1, 0.15) is 0 Å². The predicted octanol–water partition coefficient (Wildman–Crippen LogP) is 3.00. The van der Waals surface area contributed by atoms with Crippen molar-refractivity contribution in [3.05, 3.63) is 44.9 Å². The number of carbonyl (C=O) groups excluding carboxylic acids is 2. The molecule has 1 aromatic heterocycles. The van der Waals surface area contributed by atoms with Crippen molar-refractivity contribution in [2.45, 2.75) is 19.8 Å². The van der Waals surface area contributed by atoms with Crippen molar-refractivity contribution in [3.8, 4) is 0 Å². The van der Waals surface area contributed by atoms with Gasteiger partial charge in [0.15, 0.2) is 5.01 Å². The van der Waals surface area contributed by atoms with E-state index in [0.717, 1.165) is 17.0 Å². The number of thiazole rings is 1. The lowest BCUT2D eigenvalue weighted by atomic mass is 10.2. The zero-order chi connectivity index (χ0) is 16.4. The molecule has 0 unspecified atom stereocenters. The number of aromatic nitrogens is 1. The molecular weight excluding hydrogens is 334 g/mol. The first kappa shape index (κ1) is 16.0. The molecule has 0 bridgehead atoms. The topological polar surface area (TPSA) is 62.3 Å². The maximum absolute atomic E-state index is 12.3. The molecule has 0 radical (unpaired) electrons. The van der Waals surface area contributed by atoms with Crippen LogP contribution in [0.15, 0.2) is 24.3 Å². The molecule has 5 nitrogen and oxygen atoms in total. The predicted molar refractivity (Wildman–Crippen MR) is 91.2 cm³/mol. The lowest BCUT2D eigenvalue weighted by Crippen LogP contribution is -2.31. The van der Waals surface area contributed by atoms with E-state index >= 15 is 0 Å². The van der Waals surface area contributed by atoms with E-state index in [4.69, 9.17) is 11.6 Å². The molecule has 0 saturated carbocycles. The highest BCUT2D eigenvalue weighted by Gasteiger charge is 2.22. The fraction of sp³-hybridized carbons (Fsp3) is 0.312. The molecule has 23 heavy (non-hydrogen) atoms. The first-order valence-electron chi connectivity index (χ1n) is 7.34. The van der Waals surface area contributed by atoms with Crippen molar-refractivity contribution in [1.82, 2.24) is 9.88 Å². The molecule has 120 valence electrons. The number of nitrogens with zero attached hydrogens (tertiary/aromatic N) is 2. The number of anilines is 1. The molecule has 1 aromatic carbocycles. The molecule has 1 N–H and O–H groups in total. The van der Waals surface area contributed by atoms with Crippen molar-refractivity contribution in [1.29, 1.82) is 0 Å². The van der Waals surface area contributed by atoms with Gasteiger partial charge in [0.2, 0.25) is 5.91 Å². The molecule has 0 fully saturated rings. The molecule has 1 aliphatic heterocycles. The monoisotopic (exact) mass is 349 g/mol. The summed E-state index contributed by atoms with van der Waals surface area (Å²) in [6.45, 7) is 2.92. The molecule has 0 saturated heterocycles. The smallest absolute Gasteiger partial charge is 0.284 e. The Balaban J connectivity index is 1.71. The molecule has 2 aromatic rings. The van der Waals surface area contributed by atoms with Gasteiger partial charge < -0.3 is 10.2 Å². The van der Waals surface area contributed by atoms with Crippen LogP contribution in [0.2, 0.25) is 5.02 Å². The van der Waals surface area contributed by atoms with E-state index in [2.05, 4.69) is 10.3 Å². The molecule has 0 aliphatic carbocycles. The van der Waals surface area contributed by atoms with Gasteiger partial charge in [-0.25, -0.2) is 4.98 Å². The third-order valence-corrected chi connectivity index (χ3v) is 5.16. The van der Waals surface area contributed by atoms with Crippen molar-refractivity contribution in [2.24, 2.45) is 0 Å². The van der Waals surface area contributed by atoms with Gasteiger partial charge in [-0.3, -0.25) is 9.59 Å². The van der Waals surface area contributed by atoms with Crippen LogP contribution < -0.4 is 5.32 Å². The van der Waals surface area contributed by atoms with Crippen LogP contribution in [-0.4, -0.2) is 34.8 Å². The summed E-state index contributed by atoms with van der Waals surface area (Å²) in [4.78, 5) is 31.2. The summed E-state index contributed by atoms with van der Waals surface area (Å²) in [7, 11) is 0. The number of amides is 2. The third-order valence-electron chi connectivity index (χ3n) is 3.75. The Hall–Kier alpha value is -1.92. The summed E-state index contributed by atoms with van der Waals surface area (Å²) in [6.07, 6.45) is 1.44. The number of fused-ring (bicyclic) bond motifs is 1. The number of halogens is 1. The summed E-state index contributed by atoms with van der Waals surface area (Å²) in [5.41, 5.74) is 1.62.